The molecular formula is C8H7F2IN2O2. The summed E-state index contributed by atoms with van der Waals surface area (Å²) < 4.78 is 30.0. The molecule has 1 rings (SSSR count). The Morgan fingerprint density at radius 2 is 2.27 bits per heavy atom. The first-order valence-electron chi connectivity index (χ1n) is 3.79. The lowest BCUT2D eigenvalue weighted by molar-refractivity contribution is 0.0984. The normalized spacial score (nSPS) is 10.5. The first kappa shape index (κ1) is 12.1. The van der Waals surface area contributed by atoms with Crippen LogP contribution in [-0.2, 0) is 0 Å². The number of carbonyl (C=O) groups excluding carboxylic acids is 1. The number of hydrogen-bond donors (Lipinski definition) is 1. The molecule has 0 fully saturated rings. The highest BCUT2D eigenvalue weighted by Crippen LogP contribution is 2.30. The minimum Gasteiger partial charge on any atom is -0.480 e. The quantitative estimate of drug-likeness (QED) is 0.860. The molecule has 1 aromatic heterocycles. The van der Waals surface area contributed by atoms with Crippen molar-refractivity contribution in [3.63, 3.8) is 0 Å². The maximum absolute atomic E-state index is 12.5. The summed E-state index contributed by atoms with van der Waals surface area (Å²) in [6.45, 7) is 0. The van der Waals surface area contributed by atoms with Crippen LogP contribution in [0.2, 0.25) is 0 Å². The summed E-state index contributed by atoms with van der Waals surface area (Å²) >= 11 is 1.69. The molecule has 0 aliphatic carbocycles. The van der Waals surface area contributed by atoms with Crippen molar-refractivity contribution < 1.29 is 18.3 Å². The van der Waals surface area contributed by atoms with Gasteiger partial charge in [0.1, 0.15) is 0 Å². The van der Waals surface area contributed by atoms with E-state index in [1.807, 2.05) is 0 Å². The summed E-state index contributed by atoms with van der Waals surface area (Å²) in [7, 11) is 1.33. The van der Waals surface area contributed by atoms with E-state index in [1.54, 1.807) is 22.6 Å². The van der Waals surface area contributed by atoms with E-state index in [-0.39, 0.29) is 15.0 Å². The van der Waals surface area contributed by atoms with Crippen LogP contribution < -0.4 is 10.5 Å². The van der Waals surface area contributed by atoms with E-state index in [4.69, 9.17) is 10.5 Å². The van der Waals surface area contributed by atoms with Crippen LogP contribution in [0, 0.1) is 3.57 Å². The Bertz CT molecular complexity index is 398. The number of rotatable bonds is 3. The molecule has 82 valence electrons. The SMILES string of the molecule is COc1ncc(C(F)F)c(C(N)=O)c1I. The number of hydrogen-bond acceptors (Lipinski definition) is 3. The minimum absolute atomic E-state index is 0.105. The van der Waals surface area contributed by atoms with Gasteiger partial charge >= 0.3 is 0 Å². The maximum Gasteiger partial charge on any atom is 0.266 e. The molecule has 0 unspecified atom stereocenters. The largest absolute Gasteiger partial charge is 0.480 e. The van der Waals surface area contributed by atoms with Gasteiger partial charge in [0.15, 0.2) is 0 Å². The molecule has 7 heteroatoms. The molecule has 0 saturated heterocycles. The molecule has 0 saturated carbocycles. The lowest BCUT2D eigenvalue weighted by atomic mass is 10.1. The Morgan fingerprint density at radius 1 is 1.67 bits per heavy atom. The topological polar surface area (TPSA) is 65.2 Å². The van der Waals surface area contributed by atoms with E-state index in [2.05, 4.69) is 4.98 Å². The number of amides is 1. The highest BCUT2D eigenvalue weighted by atomic mass is 127. The second-order valence-electron chi connectivity index (χ2n) is 2.58. The van der Waals surface area contributed by atoms with Crippen molar-refractivity contribution in [1.29, 1.82) is 0 Å². The molecular weight excluding hydrogens is 321 g/mol. The summed E-state index contributed by atoms with van der Waals surface area (Å²) in [6.07, 6.45) is -1.90. The Morgan fingerprint density at radius 3 is 2.67 bits per heavy atom. The van der Waals surface area contributed by atoms with E-state index in [1.165, 1.54) is 7.11 Å². The number of ether oxygens (including phenoxy) is 1. The Hall–Kier alpha value is -0.990. The Kier molecular flexibility index (Phi) is 3.77. The van der Waals surface area contributed by atoms with Crippen molar-refractivity contribution in [2.24, 2.45) is 5.73 Å². The number of nitrogens with two attached hydrogens (primary N) is 1. The predicted octanol–water partition coefficient (Wildman–Crippen LogP) is 1.73. The molecule has 0 spiro atoms. The molecule has 1 amide bonds. The lowest BCUT2D eigenvalue weighted by Crippen LogP contribution is -2.17. The van der Waals surface area contributed by atoms with Gasteiger partial charge in [-0.2, -0.15) is 0 Å². The summed E-state index contributed by atoms with van der Waals surface area (Å²) in [5, 5.41) is 0. The summed E-state index contributed by atoms with van der Waals surface area (Å²) in [6, 6.07) is 0. The third-order valence-electron chi connectivity index (χ3n) is 1.69. The second-order valence-corrected chi connectivity index (χ2v) is 3.66. The van der Waals surface area contributed by atoms with Gasteiger partial charge in [0.25, 0.3) is 12.3 Å². The van der Waals surface area contributed by atoms with Crippen molar-refractivity contribution in [2.45, 2.75) is 6.43 Å². The zero-order valence-corrected chi connectivity index (χ0v) is 9.79. The third-order valence-corrected chi connectivity index (χ3v) is 2.69. The number of methoxy groups -OCH3 is 1. The van der Waals surface area contributed by atoms with Crippen molar-refractivity contribution in [2.75, 3.05) is 7.11 Å². The summed E-state index contributed by atoms with van der Waals surface area (Å²) in [4.78, 5) is 14.7. The first-order chi connectivity index (χ1) is 6.99. The molecule has 0 atom stereocenters. The molecule has 1 heterocycles. The second kappa shape index (κ2) is 4.69. The van der Waals surface area contributed by atoms with Gasteiger partial charge in [-0.05, 0) is 22.6 Å². The molecule has 4 nitrogen and oxygen atoms in total. The highest BCUT2D eigenvalue weighted by molar-refractivity contribution is 14.1. The third kappa shape index (κ3) is 2.33. The minimum atomic E-state index is -2.79. The molecule has 0 aromatic carbocycles. The molecule has 0 radical (unpaired) electrons. The fourth-order valence-corrected chi connectivity index (χ4v) is 1.98. The number of primary amides is 1. The Labute approximate surface area is 98.0 Å². The van der Waals surface area contributed by atoms with Gasteiger partial charge in [0.05, 0.1) is 21.8 Å². The fraction of sp³-hybridized carbons (Fsp3) is 0.250. The molecule has 0 bridgehead atoms. The van der Waals surface area contributed by atoms with Crippen LogP contribution in [0.5, 0.6) is 5.88 Å². The predicted molar refractivity (Wildman–Crippen MR) is 57.0 cm³/mol. The van der Waals surface area contributed by atoms with Crippen LogP contribution >= 0.6 is 22.6 Å². The van der Waals surface area contributed by atoms with Crippen molar-refractivity contribution in [3.8, 4) is 5.88 Å². The van der Waals surface area contributed by atoms with Gasteiger partial charge in [0.2, 0.25) is 5.88 Å². The van der Waals surface area contributed by atoms with Gasteiger partial charge < -0.3 is 10.5 Å². The van der Waals surface area contributed by atoms with Crippen molar-refractivity contribution in [1.82, 2.24) is 4.98 Å². The van der Waals surface area contributed by atoms with Gasteiger partial charge in [-0.25, -0.2) is 13.8 Å². The number of carbonyl (C=O) groups is 1. The standard InChI is InChI=1S/C8H7F2IN2O2/c1-15-8-5(11)4(7(12)14)3(2-13-8)6(9)10/h2,6H,1H3,(H2,12,14). The van der Waals surface area contributed by atoms with Crippen molar-refractivity contribution >= 4 is 28.5 Å². The molecule has 0 aliphatic rings. The van der Waals surface area contributed by atoms with Crippen LogP contribution in [0.3, 0.4) is 0 Å². The number of pyridine rings is 1. The molecule has 2 N–H and O–H groups in total. The van der Waals surface area contributed by atoms with Crippen LogP contribution in [0.1, 0.15) is 22.3 Å². The van der Waals surface area contributed by atoms with Crippen LogP contribution in [0.4, 0.5) is 8.78 Å². The van der Waals surface area contributed by atoms with Crippen molar-refractivity contribution in [3.05, 3.63) is 20.9 Å². The van der Waals surface area contributed by atoms with E-state index >= 15 is 0 Å². The van der Waals surface area contributed by atoms with E-state index in [9.17, 15) is 13.6 Å². The molecule has 0 aliphatic heterocycles. The lowest BCUT2D eigenvalue weighted by Gasteiger charge is -2.10. The monoisotopic (exact) mass is 328 g/mol. The van der Waals surface area contributed by atoms with Gasteiger partial charge in [-0.3, -0.25) is 4.79 Å². The highest BCUT2D eigenvalue weighted by Gasteiger charge is 2.22. The molecule has 15 heavy (non-hydrogen) atoms. The van der Waals surface area contributed by atoms with Crippen LogP contribution in [-0.4, -0.2) is 18.0 Å². The van der Waals surface area contributed by atoms with Gasteiger partial charge in [0, 0.05) is 6.20 Å². The van der Waals surface area contributed by atoms with Gasteiger partial charge in [-0.15, -0.1) is 0 Å². The van der Waals surface area contributed by atoms with E-state index in [0.29, 0.717) is 0 Å². The van der Waals surface area contributed by atoms with Crippen LogP contribution in [0.15, 0.2) is 6.20 Å². The number of alkyl halides is 2. The van der Waals surface area contributed by atoms with Gasteiger partial charge in [-0.1, -0.05) is 0 Å². The smallest absolute Gasteiger partial charge is 0.266 e. The number of nitrogens with zero attached hydrogens (tertiary/aromatic N) is 1. The zero-order valence-electron chi connectivity index (χ0n) is 7.63. The molecule has 1 aromatic rings. The summed E-state index contributed by atoms with van der Waals surface area (Å²) in [5.74, 6) is -0.816. The fourth-order valence-electron chi connectivity index (χ4n) is 1.04. The maximum atomic E-state index is 12.5. The first-order valence-corrected chi connectivity index (χ1v) is 4.87. The van der Waals surface area contributed by atoms with Crippen LogP contribution in [0.25, 0.3) is 0 Å². The number of halogens is 3. The average Bonchev–Trinajstić information content (AvgIpc) is 2.16. The van der Waals surface area contributed by atoms with E-state index in [0.717, 1.165) is 6.20 Å². The average molecular weight is 328 g/mol. The zero-order chi connectivity index (χ0) is 11.6. The Balaban J connectivity index is 3.44. The summed E-state index contributed by atoms with van der Waals surface area (Å²) in [5.41, 5.74) is 4.30. The van der Waals surface area contributed by atoms with E-state index < -0.39 is 17.9 Å². The number of aromatic nitrogens is 1.